The molecule has 2 saturated heterocycles. The molecule has 0 saturated carbocycles. The van der Waals surface area contributed by atoms with Gasteiger partial charge >= 0.3 is 0 Å². The van der Waals surface area contributed by atoms with Crippen molar-refractivity contribution in [2.75, 3.05) is 27.2 Å². The van der Waals surface area contributed by atoms with Gasteiger partial charge in [0.2, 0.25) is 0 Å². The molecule has 1 aromatic rings. The van der Waals surface area contributed by atoms with Gasteiger partial charge in [-0.1, -0.05) is 0 Å². The van der Waals surface area contributed by atoms with Crippen LogP contribution in [-0.4, -0.2) is 54.6 Å². The number of rotatable bonds is 3. The summed E-state index contributed by atoms with van der Waals surface area (Å²) in [5, 5.41) is 2.17. The zero-order valence-electron chi connectivity index (χ0n) is 13.8. The van der Waals surface area contributed by atoms with Crippen LogP contribution in [0.3, 0.4) is 0 Å². The number of carbonyl (C=O) groups excluding carboxylic acids is 1. The summed E-state index contributed by atoms with van der Waals surface area (Å²) >= 11 is 1.85. The first-order chi connectivity index (χ1) is 10.5. The first-order valence-electron chi connectivity index (χ1n) is 8.13. The Kier molecular flexibility index (Phi) is 4.57. The van der Waals surface area contributed by atoms with Crippen molar-refractivity contribution in [2.45, 2.75) is 50.9 Å². The first kappa shape index (κ1) is 16.0. The maximum Gasteiger partial charge on any atom is 0.251 e. The van der Waals surface area contributed by atoms with E-state index < -0.39 is 0 Å². The number of hydrogen-bond acceptors (Lipinski definition) is 4. The van der Waals surface area contributed by atoms with Crippen molar-refractivity contribution in [1.29, 1.82) is 0 Å². The smallest absolute Gasteiger partial charge is 0.251 e. The van der Waals surface area contributed by atoms with Crippen molar-refractivity contribution in [3.8, 4) is 0 Å². The summed E-state index contributed by atoms with van der Waals surface area (Å²) in [6.45, 7) is 5.38. The third kappa shape index (κ3) is 3.21. The summed E-state index contributed by atoms with van der Waals surface area (Å²) in [5.41, 5.74) is 1.36. The highest BCUT2D eigenvalue weighted by Crippen LogP contribution is 2.39. The predicted molar refractivity (Wildman–Crippen MR) is 89.1 cm³/mol. The molecular formula is C17H26N2O2S. The van der Waals surface area contributed by atoms with Crippen LogP contribution in [0.1, 0.15) is 36.1 Å². The number of thiophene rings is 1. The lowest BCUT2D eigenvalue weighted by molar-refractivity contribution is -0.148. The van der Waals surface area contributed by atoms with Gasteiger partial charge in [-0.25, -0.2) is 0 Å². The molecule has 2 aliphatic heterocycles. The topological polar surface area (TPSA) is 32.8 Å². The summed E-state index contributed by atoms with van der Waals surface area (Å²) < 4.78 is 6.20. The van der Waals surface area contributed by atoms with Crippen molar-refractivity contribution in [3.63, 3.8) is 0 Å². The van der Waals surface area contributed by atoms with Crippen LogP contribution in [0.15, 0.2) is 11.4 Å². The molecular weight excluding hydrogens is 296 g/mol. The van der Waals surface area contributed by atoms with E-state index in [4.69, 9.17) is 4.74 Å². The number of hydrogen-bond donors (Lipinski definition) is 0. The molecule has 0 aliphatic carbocycles. The Morgan fingerprint density at radius 1 is 1.41 bits per heavy atom. The van der Waals surface area contributed by atoms with Crippen LogP contribution in [-0.2, 0) is 16.1 Å². The quantitative estimate of drug-likeness (QED) is 0.858. The molecule has 2 fully saturated rings. The third-order valence-corrected chi connectivity index (χ3v) is 6.08. The Morgan fingerprint density at radius 3 is 2.73 bits per heavy atom. The average molecular weight is 322 g/mol. The maximum absolute atomic E-state index is 12.1. The number of aryl methyl sites for hydroxylation is 1. The highest BCUT2D eigenvalue weighted by molar-refractivity contribution is 7.10. The summed E-state index contributed by atoms with van der Waals surface area (Å²) in [7, 11) is 3.62. The Morgan fingerprint density at radius 2 is 2.14 bits per heavy atom. The van der Waals surface area contributed by atoms with Gasteiger partial charge in [-0.2, -0.15) is 0 Å². The SMILES string of the molecule is Cc1ccsc1CN1CCC2(CC[C@@H](C(=O)N(C)C)O2)CC1. The van der Waals surface area contributed by atoms with E-state index in [2.05, 4.69) is 23.3 Å². The number of carbonyl (C=O) groups is 1. The van der Waals surface area contributed by atoms with E-state index in [-0.39, 0.29) is 17.6 Å². The molecule has 1 atom stereocenters. The van der Waals surface area contributed by atoms with Crippen LogP contribution < -0.4 is 0 Å². The zero-order valence-corrected chi connectivity index (χ0v) is 14.6. The van der Waals surface area contributed by atoms with Crippen LogP contribution in [0.5, 0.6) is 0 Å². The van der Waals surface area contributed by atoms with Crippen LogP contribution in [0, 0.1) is 6.92 Å². The maximum atomic E-state index is 12.1. The molecule has 2 aliphatic rings. The van der Waals surface area contributed by atoms with Crippen LogP contribution in [0.4, 0.5) is 0 Å². The van der Waals surface area contributed by atoms with Crippen molar-refractivity contribution in [3.05, 3.63) is 21.9 Å². The number of ether oxygens (including phenoxy) is 1. The van der Waals surface area contributed by atoms with Gasteiger partial charge in [-0.3, -0.25) is 9.69 Å². The zero-order chi connectivity index (χ0) is 15.7. The second kappa shape index (κ2) is 6.30. The van der Waals surface area contributed by atoms with Gasteiger partial charge in [0.1, 0.15) is 6.10 Å². The molecule has 1 aromatic heterocycles. The minimum Gasteiger partial charge on any atom is -0.362 e. The molecule has 0 N–H and O–H groups in total. The highest BCUT2D eigenvalue weighted by Gasteiger charge is 2.44. The molecule has 4 nitrogen and oxygen atoms in total. The number of likely N-dealkylation sites (N-methyl/N-ethyl adjacent to an activating group) is 1. The first-order valence-corrected chi connectivity index (χ1v) is 9.01. The molecule has 122 valence electrons. The van der Waals surface area contributed by atoms with Crippen LogP contribution in [0.2, 0.25) is 0 Å². The van der Waals surface area contributed by atoms with Crippen molar-refractivity contribution in [2.24, 2.45) is 0 Å². The number of nitrogens with zero attached hydrogens (tertiary/aromatic N) is 2. The lowest BCUT2D eigenvalue weighted by atomic mass is 9.88. The lowest BCUT2D eigenvalue weighted by Gasteiger charge is -2.39. The van der Waals surface area contributed by atoms with Gasteiger partial charge in [0.15, 0.2) is 0 Å². The predicted octanol–water partition coefficient (Wildman–Crippen LogP) is 2.66. The Balaban J connectivity index is 1.54. The van der Waals surface area contributed by atoms with E-state index in [0.29, 0.717) is 0 Å². The highest BCUT2D eigenvalue weighted by atomic mass is 32.1. The molecule has 0 aromatic carbocycles. The van der Waals surface area contributed by atoms with Crippen molar-refractivity contribution >= 4 is 17.2 Å². The summed E-state index contributed by atoms with van der Waals surface area (Å²) in [5.74, 6) is 0.119. The number of piperidine rings is 1. The molecule has 3 rings (SSSR count). The molecule has 1 spiro atoms. The fourth-order valence-corrected chi connectivity index (χ4v) is 4.48. The summed E-state index contributed by atoms with van der Waals surface area (Å²) in [6, 6.07) is 2.20. The minimum atomic E-state index is -0.221. The Labute approximate surface area is 137 Å². The largest absolute Gasteiger partial charge is 0.362 e. The Hall–Kier alpha value is -0.910. The second-order valence-electron chi connectivity index (χ2n) is 6.86. The summed E-state index contributed by atoms with van der Waals surface area (Å²) in [4.78, 5) is 17.7. The lowest BCUT2D eigenvalue weighted by Crippen LogP contribution is -2.45. The van der Waals surface area contributed by atoms with Gasteiger partial charge in [0.05, 0.1) is 5.60 Å². The fraction of sp³-hybridized carbons (Fsp3) is 0.706. The van der Waals surface area contributed by atoms with Gasteiger partial charge in [-0.05, 0) is 49.6 Å². The molecule has 0 unspecified atom stereocenters. The molecule has 3 heterocycles. The van der Waals surface area contributed by atoms with E-state index >= 15 is 0 Å². The van der Waals surface area contributed by atoms with Crippen LogP contribution >= 0.6 is 11.3 Å². The standard InChI is InChI=1S/C17H26N2O2S/c1-13-5-11-22-15(13)12-19-9-7-17(8-10-19)6-4-14(21-17)16(20)18(2)3/h5,11,14H,4,6-10,12H2,1-3H3/t14-/m0/s1. The third-order valence-electron chi connectivity index (χ3n) is 5.07. The number of likely N-dealkylation sites (tertiary alicyclic amines) is 1. The van der Waals surface area contributed by atoms with E-state index in [1.807, 2.05) is 25.4 Å². The second-order valence-corrected chi connectivity index (χ2v) is 7.86. The monoisotopic (exact) mass is 322 g/mol. The van der Waals surface area contributed by atoms with Gasteiger partial charge in [0.25, 0.3) is 5.91 Å². The molecule has 0 radical (unpaired) electrons. The molecule has 22 heavy (non-hydrogen) atoms. The van der Waals surface area contributed by atoms with E-state index in [0.717, 1.165) is 45.3 Å². The van der Waals surface area contributed by atoms with Gasteiger partial charge < -0.3 is 9.64 Å². The summed E-state index contributed by atoms with van der Waals surface area (Å²) in [6.07, 6.45) is 3.79. The molecule has 1 amide bonds. The fourth-order valence-electron chi connectivity index (χ4n) is 3.53. The van der Waals surface area contributed by atoms with E-state index in [1.54, 1.807) is 4.90 Å². The van der Waals surface area contributed by atoms with Crippen molar-refractivity contribution in [1.82, 2.24) is 9.80 Å². The number of amides is 1. The average Bonchev–Trinajstić information content (AvgIpc) is 3.09. The molecule has 0 bridgehead atoms. The molecule has 5 heteroatoms. The van der Waals surface area contributed by atoms with Gasteiger partial charge in [0, 0.05) is 38.6 Å². The van der Waals surface area contributed by atoms with Crippen LogP contribution in [0.25, 0.3) is 0 Å². The van der Waals surface area contributed by atoms with Crippen molar-refractivity contribution < 1.29 is 9.53 Å². The van der Waals surface area contributed by atoms with Gasteiger partial charge in [-0.15, -0.1) is 11.3 Å². The minimum absolute atomic E-state index is 0.0443. The normalized spacial score (nSPS) is 24.8. The van der Waals surface area contributed by atoms with E-state index in [1.165, 1.54) is 10.4 Å². The Bertz CT molecular complexity index is 533. The van der Waals surface area contributed by atoms with E-state index in [9.17, 15) is 4.79 Å².